The Labute approximate surface area is 602 Å². The largest absolute Gasteiger partial charge is 0.394 e. The van der Waals surface area contributed by atoms with Crippen LogP contribution in [0, 0.1) is 10.8 Å². The van der Waals surface area contributed by atoms with Gasteiger partial charge in [-0.3, -0.25) is 0 Å². The average molecular weight is 1460 g/mol. The Morgan fingerprint density at radius 3 is 0.505 bits per heavy atom. The van der Waals surface area contributed by atoms with E-state index in [0.717, 1.165) is 57.4 Å². The van der Waals surface area contributed by atoms with Gasteiger partial charge in [-0.2, -0.15) is 0 Å². The Balaban J connectivity index is -0.0000000276. The van der Waals surface area contributed by atoms with Crippen molar-refractivity contribution in [1.82, 2.24) is 0 Å². The highest BCUT2D eigenvalue weighted by molar-refractivity contribution is 9.09. The Morgan fingerprint density at radius 1 is 0.204 bits per heavy atom. The first-order chi connectivity index (χ1) is 33.9. The summed E-state index contributed by atoms with van der Waals surface area (Å²) < 4.78 is 94.0. The lowest BCUT2D eigenvalue weighted by atomic mass is 9.92. The molecule has 0 atom stereocenters. The number of aliphatic hydroxyl groups excluding tert-OH is 3. The van der Waals surface area contributed by atoms with Crippen molar-refractivity contribution in [2.45, 2.75) is 232 Å². The predicted octanol–water partition coefficient (Wildman–Crippen LogP) is 18.8. The summed E-state index contributed by atoms with van der Waals surface area (Å²) in [6.45, 7) is 24.9. The van der Waals surface area contributed by atoms with Crippen LogP contribution < -0.4 is 0 Å². The highest BCUT2D eigenvalue weighted by Gasteiger charge is 2.33. The van der Waals surface area contributed by atoms with Gasteiger partial charge >= 0.3 is 0 Å². The van der Waals surface area contributed by atoms with Crippen LogP contribution in [0.4, 0.5) is 0 Å². The highest BCUT2D eigenvalue weighted by atomic mass is 79.9. The zero-order chi connectivity index (χ0) is 51.3. The number of hydrogen-bond acceptors (Lipinski definition) is 20. The summed E-state index contributed by atoms with van der Waals surface area (Å²) >= 11 is 3.61. The van der Waals surface area contributed by atoms with E-state index in [1.807, 2.05) is 0 Å². The van der Waals surface area contributed by atoms with Gasteiger partial charge in [-0.05, 0) is 25.7 Å². The molecule has 0 fully saturated rings. The molecule has 0 aliphatic rings. The molecule has 0 spiro atoms. The van der Waals surface area contributed by atoms with Gasteiger partial charge in [0, 0.05) is 46.0 Å². The van der Waals surface area contributed by atoms with Crippen LogP contribution in [-0.2, 0) is 80.5 Å². The topological polar surface area (TPSA) is 218 Å². The molecular weight excluding hydrogens is 1260 g/mol. The number of methoxy groups -OCH3 is 2. The second-order valence-corrected chi connectivity index (χ2v) is 16.1. The number of ether oxygens (including phenoxy) is 17. The van der Waals surface area contributed by atoms with Gasteiger partial charge in [-0.1, -0.05) is 222 Å². The molecule has 3 N–H and O–H groups in total. The quantitative estimate of drug-likeness (QED) is 0.0381. The monoisotopic (exact) mass is 1460 g/mol. The molecule has 0 aromatic heterocycles. The van der Waals surface area contributed by atoms with Crippen LogP contribution in [0.1, 0.15) is 232 Å². The summed E-state index contributed by atoms with van der Waals surface area (Å²) in [5.41, 5.74) is -0.763. The van der Waals surface area contributed by atoms with E-state index in [2.05, 4.69) is 48.4 Å². The van der Waals surface area contributed by atoms with Crippen LogP contribution >= 0.6 is 15.9 Å². The van der Waals surface area contributed by atoms with Gasteiger partial charge in [0.05, 0.1) is 216 Å². The Kier molecular flexibility index (Phi) is 310. The molecular formula is C72H197BrO20. The molecule has 0 aromatic rings. The van der Waals surface area contributed by atoms with Gasteiger partial charge in [0.1, 0.15) is 0 Å². The fourth-order valence-corrected chi connectivity index (χ4v) is 5.69. The normalized spacial score (nSPS) is 8.71. The van der Waals surface area contributed by atoms with Crippen LogP contribution in [0.15, 0.2) is 0 Å². The Bertz CT molecular complexity index is 856. The molecule has 0 aromatic carbocycles. The number of halogens is 1. The number of alkyl halides is 1. The van der Waals surface area contributed by atoms with Crippen LogP contribution in [0.25, 0.3) is 0 Å². The summed E-state index contributed by atoms with van der Waals surface area (Å²) in [6.07, 6.45) is 3.98. The second-order valence-electron chi connectivity index (χ2n) is 15.6. The van der Waals surface area contributed by atoms with Crippen molar-refractivity contribution in [2.24, 2.45) is 10.8 Å². The van der Waals surface area contributed by atoms with Crippen molar-refractivity contribution in [1.29, 1.82) is 0 Å². The summed E-state index contributed by atoms with van der Waals surface area (Å²) in [4.78, 5) is 0. The lowest BCUT2D eigenvalue weighted by molar-refractivity contribution is -0.121. The molecule has 20 nitrogen and oxygen atoms in total. The first kappa shape index (κ1) is 181. The van der Waals surface area contributed by atoms with Gasteiger partial charge < -0.3 is 95.8 Å². The van der Waals surface area contributed by atoms with E-state index >= 15 is 0 Å². The van der Waals surface area contributed by atoms with Crippen molar-refractivity contribution in [2.75, 3.05) is 251 Å². The molecule has 93 heavy (non-hydrogen) atoms. The van der Waals surface area contributed by atoms with Crippen LogP contribution in [0.5, 0.6) is 0 Å². The van der Waals surface area contributed by atoms with Crippen molar-refractivity contribution in [3.05, 3.63) is 0 Å². The average Bonchev–Trinajstić information content (AvgIpc) is 3.36. The Hall–Kier alpha value is -0.320. The molecule has 0 rings (SSSR count). The molecule has 0 unspecified atom stereocenters. The first-order valence-corrected chi connectivity index (χ1v) is 26.0. The van der Waals surface area contributed by atoms with E-state index in [-0.39, 0.29) is 203 Å². The molecule has 0 saturated heterocycles. The zero-order valence-corrected chi connectivity index (χ0v) is 45.5. The summed E-state index contributed by atoms with van der Waals surface area (Å²) in [6, 6.07) is 0. The lowest BCUT2D eigenvalue weighted by Gasteiger charge is -2.33. The van der Waals surface area contributed by atoms with Crippen molar-refractivity contribution >= 4 is 15.9 Å². The maximum atomic E-state index is 8.84. The SMILES string of the molecule is C.C.C.C.C.C.C.C.C.C.C.C.C.C.C.C.C.C.C.C.C.C.C.C.CCCOCCOCC(CBr)(COCCOCCC)COCCOCCOC.CCCOCCOCC(COCCOCCC)(COCCOCCO)COCCOCCOC.OCCOCCO. The fraction of sp³-hybridized carbons (Fsp3) is 1.00. The first-order valence-electron chi connectivity index (χ1n) is 24.9. The molecule has 0 bridgehead atoms. The van der Waals surface area contributed by atoms with E-state index < -0.39 is 5.41 Å². The number of aliphatic hydroxyl groups is 3. The zero-order valence-electron chi connectivity index (χ0n) is 43.9. The highest BCUT2D eigenvalue weighted by Crippen LogP contribution is 2.23. The minimum Gasteiger partial charge on any atom is -0.394 e. The van der Waals surface area contributed by atoms with Gasteiger partial charge in [-0.25, -0.2) is 0 Å². The molecule has 0 radical (unpaired) electrons. The molecule has 0 heterocycles. The van der Waals surface area contributed by atoms with Crippen molar-refractivity contribution < 1.29 is 95.8 Å². The number of hydrogen-bond donors (Lipinski definition) is 3. The summed E-state index contributed by atoms with van der Waals surface area (Å²) in [5, 5.41) is 25.7. The third-order valence-corrected chi connectivity index (χ3v) is 9.90. The maximum Gasteiger partial charge on any atom is 0.0701 e. The van der Waals surface area contributed by atoms with Crippen molar-refractivity contribution in [3.63, 3.8) is 0 Å². The third-order valence-electron chi connectivity index (χ3n) is 8.71. The maximum absolute atomic E-state index is 8.84. The molecule has 21 heteroatoms. The molecule has 612 valence electrons. The van der Waals surface area contributed by atoms with E-state index in [1.165, 1.54) is 0 Å². The van der Waals surface area contributed by atoms with E-state index in [0.29, 0.717) is 185 Å². The van der Waals surface area contributed by atoms with Gasteiger partial charge in [0.15, 0.2) is 0 Å². The van der Waals surface area contributed by atoms with Gasteiger partial charge in [0.25, 0.3) is 0 Å². The van der Waals surface area contributed by atoms with Crippen LogP contribution in [0.2, 0.25) is 0 Å². The van der Waals surface area contributed by atoms with E-state index in [4.69, 9.17) is 91.1 Å². The molecule has 0 aliphatic heterocycles. The Morgan fingerprint density at radius 2 is 0.344 bits per heavy atom. The minimum absolute atomic E-state index is 0. The summed E-state index contributed by atoms with van der Waals surface area (Å²) in [5.74, 6) is 0. The van der Waals surface area contributed by atoms with Gasteiger partial charge in [0.2, 0.25) is 0 Å². The second kappa shape index (κ2) is 160. The lowest BCUT2D eigenvalue weighted by Crippen LogP contribution is -2.43. The predicted molar refractivity (Wildman–Crippen MR) is 429 cm³/mol. The van der Waals surface area contributed by atoms with E-state index in [9.17, 15) is 0 Å². The molecule has 0 saturated carbocycles. The van der Waals surface area contributed by atoms with E-state index in [1.54, 1.807) is 14.2 Å². The van der Waals surface area contributed by atoms with Crippen molar-refractivity contribution in [3.8, 4) is 0 Å². The molecule has 0 aliphatic carbocycles. The third kappa shape index (κ3) is 144. The van der Waals surface area contributed by atoms with Crippen LogP contribution in [-0.4, -0.2) is 266 Å². The molecule has 0 amide bonds. The minimum atomic E-state index is -0.501. The summed E-state index contributed by atoms with van der Waals surface area (Å²) in [7, 11) is 3.30. The standard InChI is InChI=1S/C24H50O10.C20H41BrO7.C4H10O3.24CH4/c1-4-7-27-12-16-31-20-24(21-32-17-13-28-8-5-2,22-33-18-14-29-9-6-25)23-34-19-15-30-11-10-26-3;1-4-6-23-10-13-26-17-20(16-21,18-27-14-11-24-7-5-2)19-28-15-12-25-9-8-22-3;5-1-3-7-4-2-6;;;;;;;;;;;;;;;;;;;;;;;;/h25H,4-23H2,1-3H3;4-19H2,1-3H3;5-6H,1-4H2;24*1H4. The van der Waals surface area contributed by atoms with Gasteiger partial charge in [-0.15, -0.1) is 0 Å². The smallest absolute Gasteiger partial charge is 0.0701 e. The number of rotatable bonds is 56. The fourth-order valence-electron chi connectivity index (χ4n) is 5.21. The van der Waals surface area contributed by atoms with Crippen LogP contribution in [0.3, 0.4) is 0 Å².